The number of nitrogens with zero attached hydrogens (tertiary/aromatic N) is 1. The van der Waals surface area contributed by atoms with Gasteiger partial charge < -0.3 is 4.90 Å². The van der Waals surface area contributed by atoms with Crippen LogP contribution in [0.1, 0.15) is 16.8 Å². The summed E-state index contributed by atoms with van der Waals surface area (Å²) in [4.78, 5) is 12.8. The maximum atomic E-state index is 13.2. The lowest BCUT2D eigenvalue weighted by Gasteiger charge is -2.31. The quantitative estimate of drug-likeness (QED) is 0.701. The Labute approximate surface area is 84.3 Å². The minimum absolute atomic E-state index is 0.495. The van der Waals surface area contributed by atoms with E-state index >= 15 is 0 Å². The second kappa shape index (κ2) is 3.56. The Hall–Kier alpha value is -1.52. The maximum absolute atomic E-state index is 13.2. The normalized spacial score (nSPS) is 15.0. The summed E-state index contributed by atoms with van der Waals surface area (Å²) in [5, 5.41) is 0. The van der Waals surface area contributed by atoms with Gasteiger partial charge in [0.1, 0.15) is 23.0 Å². The van der Waals surface area contributed by atoms with E-state index in [0.717, 1.165) is 6.42 Å². The van der Waals surface area contributed by atoms with E-state index in [1.807, 2.05) is 0 Å². The van der Waals surface area contributed by atoms with Crippen LogP contribution in [0, 0.1) is 17.5 Å². The first kappa shape index (κ1) is 10.0. The van der Waals surface area contributed by atoms with Gasteiger partial charge >= 0.3 is 0 Å². The van der Waals surface area contributed by atoms with Crippen molar-refractivity contribution in [2.24, 2.45) is 0 Å². The molecule has 1 heterocycles. The molecule has 0 bridgehead atoms. The van der Waals surface area contributed by atoms with Crippen LogP contribution in [0.15, 0.2) is 12.1 Å². The second-order valence-electron chi connectivity index (χ2n) is 3.39. The summed E-state index contributed by atoms with van der Waals surface area (Å²) in [5.41, 5.74) is -0.670. The Morgan fingerprint density at radius 3 is 2.07 bits per heavy atom. The zero-order valence-electron chi connectivity index (χ0n) is 7.77. The topological polar surface area (TPSA) is 20.3 Å². The highest BCUT2D eigenvalue weighted by Gasteiger charge is 2.27. The Morgan fingerprint density at radius 1 is 1.13 bits per heavy atom. The predicted molar refractivity (Wildman–Crippen MR) is 46.8 cm³/mol. The number of carbonyl (C=O) groups excluding carboxylic acids is 1. The van der Waals surface area contributed by atoms with Crippen molar-refractivity contribution in [1.82, 2.24) is 4.90 Å². The molecule has 1 aromatic carbocycles. The molecule has 80 valence electrons. The molecule has 1 aromatic rings. The van der Waals surface area contributed by atoms with Gasteiger partial charge in [0.15, 0.2) is 0 Å². The summed E-state index contributed by atoms with van der Waals surface area (Å²) in [6.45, 7) is 0.990. The minimum atomic E-state index is -1.15. The van der Waals surface area contributed by atoms with Gasteiger partial charge in [-0.3, -0.25) is 4.79 Å². The van der Waals surface area contributed by atoms with E-state index in [1.54, 1.807) is 0 Å². The molecular weight excluding hydrogens is 207 g/mol. The Bertz CT molecular complexity index is 392. The van der Waals surface area contributed by atoms with E-state index in [1.165, 1.54) is 4.90 Å². The van der Waals surface area contributed by atoms with Crippen LogP contribution in [-0.2, 0) is 0 Å². The number of rotatable bonds is 1. The predicted octanol–water partition coefficient (Wildman–Crippen LogP) is 1.95. The Kier molecular flexibility index (Phi) is 2.38. The second-order valence-corrected chi connectivity index (χ2v) is 3.39. The van der Waals surface area contributed by atoms with Crippen LogP contribution in [0.4, 0.5) is 13.2 Å². The summed E-state index contributed by atoms with van der Waals surface area (Å²) < 4.78 is 38.9. The highest BCUT2D eigenvalue weighted by Crippen LogP contribution is 2.19. The SMILES string of the molecule is O=C(c1c(F)cc(F)cc1F)N1CCC1. The van der Waals surface area contributed by atoms with Crippen LogP contribution in [-0.4, -0.2) is 23.9 Å². The van der Waals surface area contributed by atoms with Gasteiger partial charge in [-0.15, -0.1) is 0 Å². The van der Waals surface area contributed by atoms with Crippen LogP contribution in [0.5, 0.6) is 0 Å². The molecule has 1 fully saturated rings. The lowest BCUT2D eigenvalue weighted by molar-refractivity contribution is 0.0641. The molecule has 0 N–H and O–H groups in total. The van der Waals surface area contributed by atoms with E-state index < -0.39 is 28.9 Å². The van der Waals surface area contributed by atoms with Crippen molar-refractivity contribution in [3.8, 4) is 0 Å². The summed E-state index contributed by atoms with van der Waals surface area (Å²) in [7, 11) is 0. The fourth-order valence-electron chi connectivity index (χ4n) is 1.42. The van der Waals surface area contributed by atoms with E-state index in [9.17, 15) is 18.0 Å². The average molecular weight is 215 g/mol. The van der Waals surface area contributed by atoms with E-state index in [4.69, 9.17) is 0 Å². The largest absolute Gasteiger partial charge is 0.338 e. The van der Waals surface area contributed by atoms with Crippen LogP contribution in [0.25, 0.3) is 0 Å². The van der Waals surface area contributed by atoms with E-state index in [2.05, 4.69) is 0 Å². The molecule has 5 heteroatoms. The summed E-state index contributed by atoms with van der Waals surface area (Å²) in [6.07, 6.45) is 0.830. The number of amides is 1. The van der Waals surface area contributed by atoms with Crippen molar-refractivity contribution < 1.29 is 18.0 Å². The molecule has 1 saturated heterocycles. The van der Waals surface area contributed by atoms with Gasteiger partial charge in [0.25, 0.3) is 5.91 Å². The Morgan fingerprint density at radius 2 is 1.67 bits per heavy atom. The number of likely N-dealkylation sites (tertiary alicyclic amines) is 1. The molecule has 1 aliphatic rings. The average Bonchev–Trinajstić information content (AvgIpc) is 1.97. The molecule has 1 amide bonds. The summed E-state index contributed by atoms with van der Waals surface area (Å²) in [5.74, 6) is -4.03. The van der Waals surface area contributed by atoms with Crippen LogP contribution in [0.2, 0.25) is 0 Å². The summed E-state index contributed by atoms with van der Waals surface area (Å²) >= 11 is 0. The number of benzene rings is 1. The van der Waals surface area contributed by atoms with Gasteiger partial charge in [-0.05, 0) is 6.42 Å². The van der Waals surface area contributed by atoms with Gasteiger partial charge in [0.2, 0.25) is 0 Å². The lowest BCUT2D eigenvalue weighted by Crippen LogP contribution is -2.42. The zero-order valence-corrected chi connectivity index (χ0v) is 7.77. The van der Waals surface area contributed by atoms with Crippen molar-refractivity contribution in [2.75, 3.05) is 13.1 Å². The zero-order chi connectivity index (χ0) is 11.0. The fourth-order valence-corrected chi connectivity index (χ4v) is 1.42. The molecule has 0 aliphatic carbocycles. The molecule has 0 atom stereocenters. The Balaban J connectivity index is 2.38. The first-order valence-corrected chi connectivity index (χ1v) is 4.53. The molecule has 0 radical (unpaired) electrons. The number of carbonyl (C=O) groups is 1. The third kappa shape index (κ3) is 1.69. The fraction of sp³-hybridized carbons (Fsp3) is 0.300. The molecular formula is C10H8F3NO. The highest BCUT2D eigenvalue weighted by atomic mass is 19.1. The molecule has 15 heavy (non-hydrogen) atoms. The monoisotopic (exact) mass is 215 g/mol. The van der Waals surface area contributed by atoms with Crippen molar-refractivity contribution in [1.29, 1.82) is 0 Å². The van der Waals surface area contributed by atoms with Crippen LogP contribution >= 0.6 is 0 Å². The lowest BCUT2D eigenvalue weighted by atomic mass is 10.1. The number of halogens is 3. The smallest absolute Gasteiger partial charge is 0.259 e. The maximum Gasteiger partial charge on any atom is 0.259 e. The third-order valence-corrected chi connectivity index (χ3v) is 2.36. The molecule has 2 nitrogen and oxygen atoms in total. The molecule has 1 aliphatic heterocycles. The van der Waals surface area contributed by atoms with Gasteiger partial charge in [-0.2, -0.15) is 0 Å². The van der Waals surface area contributed by atoms with Crippen molar-refractivity contribution in [2.45, 2.75) is 6.42 Å². The third-order valence-electron chi connectivity index (χ3n) is 2.36. The standard InChI is InChI=1S/C10H8F3NO/c11-6-4-7(12)9(8(13)5-6)10(15)14-2-1-3-14/h4-5H,1-3H2. The van der Waals surface area contributed by atoms with Gasteiger partial charge in [0, 0.05) is 25.2 Å². The highest BCUT2D eigenvalue weighted by molar-refractivity contribution is 5.95. The number of hydrogen-bond acceptors (Lipinski definition) is 1. The van der Waals surface area contributed by atoms with Crippen molar-refractivity contribution >= 4 is 5.91 Å². The van der Waals surface area contributed by atoms with Crippen LogP contribution < -0.4 is 0 Å². The van der Waals surface area contributed by atoms with Gasteiger partial charge in [-0.25, -0.2) is 13.2 Å². The molecule has 0 saturated carbocycles. The summed E-state index contributed by atoms with van der Waals surface area (Å²) in [6, 6.07) is 1.02. The first-order chi connectivity index (χ1) is 7.09. The number of hydrogen-bond donors (Lipinski definition) is 0. The molecule has 0 aromatic heterocycles. The van der Waals surface area contributed by atoms with E-state index in [0.29, 0.717) is 25.2 Å². The molecule has 0 unspecified atom stereocenters. The first-order valence-electron chi connectivity index (χ1n) is 4.53. The van der Waals surface area contributed by atoms with E-state index in [-0.39, 0.29) is 0 Å². The van der Waals surface area contributed by atoms with Crippen molar-refractivity contribution in [3.63, 3.8) is 0 Å². The van der Waals surface area contributed by atoms with Gasteiger partial charge in [0.05, 0.1) is 0 Å². The van der Waals surface area contributed by atoms with Gasteiger partial charge in [-0.1, -0.05) is 0 Å². The van der Waals surface area contributed by atoms with Crippen molar-refractivity contribution in [3.05, 3.63) is 35.1 Å². The van der Waals surface area contributed by atoms with Crippen LogP contribution in [0.3, 0.4) is 0 Å². The molecule has 0 spiro atoms. The minimum Gasteiger partial charge on any atom is -0.338 e. The molecule has 2 rings (SSSR count).